The third-order valence-electron chi connectivity index (χ3n) is 1.51. The number of carbonyl (C=O) groups is 1. The van der Waals surface area contributed by atoms with Crippen molar-refractivity contribution in [3.05, 3.63) is 0 Å². The van der Waals surface area contributed by atoms with Crippen LogP contribution in [0.15, 0.2) is 0 Å². The lowest BCUT2D eigenvalue weighted by Gasteiger charge is -2.21. The number of carboxylic acid groups (broad SMARTS) is 1. The summed E-state index contributed by atoms with van der Waals surface area (Å²) in [5.74, 6) is -1.19. The van der Waals surface area contributed by atoms with Crippen LogP contribution in [0.25, 0.3) is 0 Å². The summed E-state index contributed by atoms with van der Waals surface area (Å²) in [4.78, 5) is 10.3. The molecule has 15 heavy (non-hydrogen) atoms. The van der Waals surface area contributed by atoms with Crippen molar-refractivity contribution in [3.8, 4) is 0 Å². The van der Waals surface area contributed by atoms with Gasteiger partial charge in [-0.15, -0.1) is 0 Å². The first-order valence-electron chi connectivity index (χ1n) is 4.37. The molecule has 1 atom stereocenters. The van der Waals surface area contributed by atoms with Crippen LogP contribution in [-0.2, 0) is 15.0 Å². The number of aliphatic carboxylic acids is 1. The number of carboxylic acids is 1. The topological polar surface area (TPSA) is 116 Å². The molecule has 0 aliphatic heterocycles. The molecule has 0 fully saturated rings. The van der Waals surface area contributed by atoms with Crippen LogP contribution in [0.1, 0.15) is 20.3 Å². The fourth-order valence-corrected chi connectivity index (χ4v) is 1.86. The molecular formula is C7H16N2O5S. The molecule has 0 radical (unpaired) electrons. The van der Waals surface area contributed by atoms with E-state index in [9.17, 15) is 18.3 Å². The number of hydrogen-bond donors (Lipinski definition) is 4. The van der Waals surface area contributed by atoms with Gasteiger partial charge in [0.25, 0.3) is 10.2 Å². The van der Waals surface area contributed by atoms with Crippen molar-refractivity contribution in [1.82, 2.24) is 9.44 Å². The molecule has 1 unspecified atom stereocenters. The fraction of sp³-hybridized carbons (Fsp3) is 0.857. The van der Waals surface area contributed by atoms with Crippen LogP contribution in [0.5, 0.6) is 0 Å². The largest absolute Gasteiger partial charge is 0.481 e. The third kappa shape index (κ3) is 7.25. The van der Waals surface area contributed by atoms with Crippen molar-refractivity contribution in [2.75, 3.05) is 13.1 Å². The molecule has 4 N–H and O–H groups in total. The Labute approximate surface area is 88.7 Å². The van der Waals surface area contributed by atoms with Gasteiger partial charge < -0.3 is 10.2 Å². The summed E-state index contributed by atoms with van der Waals surface area (Å²) in [7, 11) is -3.65. The highest BCUT2D eigenvalue weighted by molar-refractivity contribution is 7.87. The highest BCUT2D eigenvalue weighted by Gasteiger charge is 2.25. The van der Waals surface area contributed by atoms with Crippen LogP contribution in [0.2, 0.25) is 0 Å². The van der Waals surface area contributed by atoms with Crippen molar-refractivity contribution in [3.63, 3.8) is 0 Å². The SMILES string of the molecule is CCNS(=O)(=O)NCC(C)(O)CC(=O)O. The Balaban J connectivity index is 4.20. The van der Waals surface area contributed by atoms with E-state index in [0.29, 0.717) is 0 Å². The lowest BCUT2D eigenvalue weighted by atomic mass is 10.0. The number of hydrogen-bond acceptors (Lipinski definition) is 4. The molecule has 90 valence electrons. The second kappa shape index (κ2) is 5.40. The summed E-state index contributed by atoms with van der Waals surface area (Å²) >= 11 is 0. The molecule has 0 bridgehead atoms. The van der Waals surface area contributed by atoms with Gasteiger partial charge in [0.15, 0.2) is 0 Å². The van der Waals surface area contributed by atoms with E-state index in [0.717, 1.165) is 0 Å². The molecule has 0 amide bonds. The highest BCUT2D eigenvalue weighted by atomic mass is 32.2. The van der Waals surface area contributed by atoms with Gasteiger partial charge in [0.2, 0.25) is 0 Å². The summed E-state index contributed by atoms with van der Waals surface area (Å²) in [5, 5.41) is 17.9. The molecule has 0 aromatic heterocycles. The van der Waals surface area contributed by atoms with E-state index in [2.05, 4.69) is 9.44 Å². The minimum absolute atomic E-state index is 0.219. The van der Waals surface area contributed by atoms with Crippen LogP contribution in [0, 0.1) is 0 Å². The zero-order valence-electron chi connectivity index (χ0n) is 8.65. The number of aliphatic hydroxyl groups is 1. The fourth-order valence-electron chi connectivity index (χ4n) is 0.880. The monoisotopic (exact) mass is 240 g/mol. The Morgan fingerprint density at radius 2 is 1.93 bits per heavy atom. The number of rotatable bonds is 7. The van der Waals surface area contributed by atoms with Gasteiger partial charge in [0.05, 0.1) is 12.0 Å². The molecular weight excluding hydrogens is 224 g/mol. The summed E-state index contributed by atoms with van der Waals surface area (Å²) in [6, 6.07) is 0. The Kier molecular flexibility index (Phi) is 5.15. The second-order valence-electron chi connectivity index (χ2n) is 3.39. The summed E-state index contributed by atoms with van der Waals surface area (Å²) in [6.45, 7) is 2.72. The maximum absolute atomic E-state index is 11.1. The normalized spacial score (nSPS) is 15.9. The van der Waals surface area contributed by atoms with Crippen molar-refractivity contribution >= 4 is 16.2 Å². The molecule has 0 aromatic carbocycles. The minimum atomic E-state index is -3.65. The lowest BCUT2D eigenvalue weighted by molar-refractivity contribution is -0.141. The van der Waals surface area contributed by atoms with Gasteiger partial charge in [-0.1, -0.05) is 6.92 Å². The molecule has 0 aliphatic carbocycles. The first-order valence-corrected chi connectivity index (χ1v) is 5.85. The van der Waals surface area contributed by atoms with Gasteiger partial charge in [-0.25, -0.2) is 4.72 Å². The van der Waals surface area contributed by atoms with E-state index in [1.807, 2.05) is 0 Å². The Morgan fingerprint density at radius 1 is 1.40 bits per heavy atom. The van der Waals surface area contributed by atoms with Gasteiger partial charge in [0, 0.05) is 13.1 Å². The van der Waals surface area contributed by atoms with Crippen molar-refractivity contribution < 1.29 is 23.4 Å². The van der Waals surface area contributed by atoms with Crippen molar-refractivity contribution in [2.24, 2.45) is 0 Å². The smallest absolute Gasteiger partial charge is 0.306 e. The van der Waals surface area contributed by atoms with Crippen LogP contribution < -0.4 is 9.44 Å². The van der Waals surface area contributed by atoms with Gasteiger partial charge >= 0.3 is 5.97 Å². The van der Waals surface area contributed by atoms with E-state index < -0.39 is 28.2 Å². The second-order valence-corrected chi connectivity index (χ2v) is 4.97. The summed E-state index contributed by atoms with van der Waals surface area (Å²) < 4.78 is 26.4. The minimum Gasteiger partial charge on any atom is -0.481 e. The molecule has 0 spiro atoms. The van der Waals surface area contributed by atoms with E-state index in [1.165, 1.54) is 6.92 Å². The molecule has 0 aromatic rings. The van der Waals surface area contributed by atoms with Crippen LogP contribution >= 0.6 is 0 Å². The predicted molar refractivity (Wildman–Crippen MR) is 53.5 cm³/mol. The number of nitrogens with one attached hydrogen (secondary N) is 2. The van der Waals surface area contributed by atoms with E-state index >= 15 is 0 Å². The van der Waals surface area contributed by atoms with Gasteiger partial charge in [0.1, 0.15) is 0 Å². The molecule has 8 heteroatoms. The first-order chi connectivity index (χ1) is 6.68. The van der Waals surface area contributed by atoms with Gasteiger partial charge in [-0.05, 0) is 6.92 Å². The van der Waals surface area contributed by atoms with Gasteiger partial charge in [-0.3, -0.25) is 4.79 Å². The molecule has 0 saturated heterocycles. The zero-order chi connectivity index (χ0) is 12.1. The summed E-state index contributed by atoms with van der Waals surface area (Å²) in [5.41, 5.74) is -1.60. The van der Waals surface area contributed by atoms with E-state index in [1.54, 1.807) is 6.92 Å². The Hall–Kier alpha value is -0.700. The Bertz CT molecular complexity index is 311. The quantitative estimate of drug-likeness (QED) is 0.439. The van der Waals surface area contributed by atoms with Crippen LogP contribution in [-0.4, -0.2) is 43.3 Å². The molecule has 0 rings (SSSR count). The average Bonchev–Trinajstić information content (AvgIpc) is 1.99. The first kappa shape index (κ1) is 14.3. The maximum atomic E-state index is 11.1. The zero-order valence-corrected chi connectivity index (χ0v) is 9.47. The third-order valence-corrected chi connectivity index (χ3v) is 2.70. The molecule has 7 nitrogen and oxygen atoms in total. The average molecular weight is 240 g/mol. The van der Waals surface area contributed by atoms with E-state index in [-0.39, 0.29) is 13.1 Å². The molecule has 0 saturated carbocycles. The molecule has 0 aliphatic rings. The molecule has 0 heterocycles. The highest BCUT2D eigenvalue weighted by Crippen LogP contribution is 2.07. The van der Waals surface area contributed by atoms with E-state index in [4.69, 9.17) is 5.11 Å². The van der Waals surface area contributed by atoms with Crippen LogP contribution in [0.4, 0.5) is 0 Å². The predicted octanol–water partition coefficient (Wildman–Crippen LogP) is -1.34. The van der Waals surface area contributed by atoms with Crippen molar-refractivity contribution in [2.45, 2.75) is 25.9 Å². The Morgan fingerprint density at radius 3 is 2.33 bits per heavy atom. The standard InChI is InChI=1S/C7H16N2O5S/c1-3-8-15(13,14)9-5-7(2,12)4-6(10)11/h8-9,12H,3-5H2,1-2H3,(H,10,11). The summed E-state index contributed by atoms with van der Waals surface area (Å²) in [6.07, 6.45) is -0.526. The van der Waals surface area contributed by atoms with Gasteiger partial charge in [-0.2, -0.15) is 13.1 Å². The van der Waals surface area contributed by atoms with Crippen LogP contribution in [0.3, 0.4) is 0 Å². The maximum Gasteiger partial charge on any atom is 0.306 e. The van der Waals surface area contributed by atoms with Crippen molar-refractivity contribution in [1.29, 1.82) is 0 Å². The lowest BCUT2D eigenvalue weighted by Crippen LogP contribution is -2.46.